The Labute approximate surface area is 376 Å². The Morgan fingerprint density at radius 3 is 1.43 bits per heavy atom. The first-order valence-electron chi connectivity index (χ1n) is 22.3. The fraction of sp³-hybridized carbons (Fsp3) is 0.0500. The van der Waals surface area contributed by atoms with Gasteiger partial charge in [-0.3, -0.25) is 9.13 Å². The number of aromatic nitrogens is 5. The second-order valence-corrected chi connectivity index (χ2v) is 17.7. The van der Waals surface area contributed by atoms with Crippen LogP contribution in [0.25, 0.3) is 111 Å². The molecular weight excluding hydrogens is 791 g/mol. The molecule has 0 saturated heterocycles. The third kappa shape index (κ3) is 5.82. The van der Waals surface area contributed by atoms with Crippen molar-refractivity contribution in [2.75, 3.05) is 0 Å². The molecule has 0 radical (unpaired) electrons. The Hall–Kier alpha value is -8.41. The van der Waals surface area contributed by atoms with Gasteiger partial charge in [0.1, 0.15) is 0 Å². The van der Waals surface area contributed by atoms with Crippen LogP contribution in [0, 0.1) is 0 Å². The van der Waals surface area contributed by atoms with Crippen molar-refractivity contribution in [1.82, 2.24) is 24.1 Å². The molecule has 9 aromatic carbocycles. The van der Waals surface area contributed by atoms with Gasteiger partial charge in [0, 0.05) is 32.5 Å². The molecule has 1 aliphatic rings. The molecule has 5 heteroatoms. The fourth-order valence-corrected chi connectivity index (χ4v) is 10.4. The Morgan fingerprint density at radius 1 is 0.308 bits per heavy atom. The lowest BCUT2D eigenvalue weighted by atomic mass is 9.81. The van der Waals surface area contributed by atoms with Crippen LogP contribution in [-0.2, 0) is 5.41 Å². The van der Waals surface area contributed by atoms with Gasteiger partial charge in [-0.15, -0.1) is 0 Å². The van der Waals surface area contributed by atoms with E-state index in [1.54, 1.807) is 0 Å². The van der Waals surface area contributed by atoms with Gasteiger partial charge in [0.25, 0.3) is 0 Å². The predicted molar refractivity (Wildman–Crippen MR) is 268 cm³/mol. The van der Waals surface area contributed by atoms with E-state index in [0.717, 1.165) is 71.4 Å². The number of benzene rings is 9. The van der Waals surface area contributed by atoms with Crippen LogP contribution < -0.4 is 0 Å². The summed E-state index contributed by atoms with van der Waals surface area (Å²) in [5.74, 6) is 1.71. The zero-order valence-corrected chi connectivity index (χ0v) is 35.9. The molecule has 306 valence electrons. The van der Waals surface area contributed by atoms with E-state index in [9.17, 15) is 0 Å². The molecule has 3 heterocycles. The Bertz CT molecular complexity index is 3800. The van der Waals surface area contributed by atoms with Gasteiger partial charge in [0.15, 0.2) is 5.82 Å². The second kappa shape index (κ2) is 14.3. The van der Waals surface area contributed by atoms with Crippen molar-refractivity contribution in [3.8, 4) is 67.8 Å². The minimum absolute atomic E-state index is 0.0572. The minimum Gasteiger partial charge on any atom is -0.278 e. The van der Waals surface area contributed by atoms with Crippen molar-refractivity contribution in [3.05, 3.63) is 223 Å². The quantitative estimate of drug-likeness (QED) is 0.168. The largest absolute Gasteiger partial charge is 0.278 e. The van der Waals surface area contributed by atoms with Crippen molar-refractivity contribution >= 4 is 43.6 Å². The summed E-state index contributed by atoms with van der Waals surface area (Å²) in [7, 11) is 0. The fourth-order valence-electron chi connectivity index (χ4n) is 10.4. The Balaban J connectivity index is 0.958. The molecule has 5 nitrogen and oxygen atoms in total. The zero-order valence-electron chi connectivity index (χ0n) is 35.9. The first-order valence-corrected chi connectivity index (χ1v) is 22.3. The van der Waals surface area contributed by atoms with Crippen molar-refractivity contribution in [2.45, 2.75) is 19.3 Å². The van der Waals surface area contributed by atoms with E-state index >= 15 is 0 Å². The molecule has 0 N–H and O–H groups in total. The average Bonchev–Trinajstić information content (AvgIpc) is 3.97. The summed E-state index contributed by atoms with van der Waals surface area (Å²) in [5.41, 5.74) is 17.4. The van der Waals surface area contributed by atoms with E-state index in [2.05, 4.69) is 235 Å². The lowest BCUT2D eigenvalue weighted by molar-refractivity contribution is 0.660. The highest BCUT2D eigenvalue weighted by Crippen LogP contribution is 2.49. The molecule has 3 aromatic heterocycles. The van der Waals surface area contributed by atoms with E-state index in [4.69, 9.17) is 15.0 Å². The number of hydrogen-bond acceptors (Lipinski definition) is 3. The molecule has 1 aliphatic carbocycles. The third-order valence-corrected chi connectivity index (χ3v) is 13.6. The molecule has 65 heavy (non-hydrogen) atoms. The summed E-state index contributed by atoms with van der Waals surface area (Å²) < 4.78 is 4.39. The van der Waals surface area contributed by atoms with Crippen molar-refractivity contribution in [3.63, 3.8) is 0 Å². The summed E-state index contributed by atoms with van der Waals surface area (Å²) >= 11 is 0. The van der Waals surface area contributed by atoms with Crippen LogP contribution >= 0.6 is 0 Å². The van der Waals surface area contributed by atoms with E-state index in [0.29, 0.717) is 17.7 Å². The first kappa shape index (κ1) is 37.2. The smallest absolute Gasteiger partial charge is 0.240 e. The molecule has 0 atom stereocenters. The van der Waals surface area contributed by atoms with Gasteiger partial charge in [0.2, 0.25) is 11.9 Å². The lowest BCUT2D eigenvalue weighted by Crippen LogP contribution is -2.14. The van der Waals surface area contributed by atoms with E-state index < -0.39 is 0 Å². The molecule has 12 aromatic rings. The van der Waals surface area contributed by atoms with Crippen molar-refractivity contribution in [1.29, 1.82) is 0 Å². The Morgan fingerprint density at radius 2 is 0.754 bits per heavy atom. The predicted octanol–water partition coefficient (Wildman–Crippen LogP) is 15.0. The standard InChI is InChI=1S/C60H41N5/c1-60(2)51-23-10-6-19-45(51)46-33-31-43(36-52(46)60)42-18-14-17-41(35-42)39-27-29-40(30-28-39)57-61-58(64-53-24-11-7-20-47(53)48-21-8-12-25-54(48)64)63-59(62-57)65-55-26-13-9-22-49(55)50-34-32-44(37-56(50)65)38-15-4-3-5-16-38/h3-37H,1-2H3. The molecule has 0 fully saturated rings. The number of nitrogens with zero attached hydrogens (tertiary/aromatic N) is 5. The van der Waals surface area contributed by atoms with Crippen LogP contribution in [0.3, 0.4) is 0 Å². The summed E-state index contributed by atoms with van der Waals surface area (Å²) in [4.78, 5) is 16.1. The highest BCUT2D eigenvalue weighted by molar-refractivity contribution is 6.11. The maximum atomic E-state index is 5.40. The van der Waals surface area contributed by atoms with Gasteiger partial charge in [-0.25, -0.2) is 0 Å². The van der Waals surface area contributed by atoms with E-state index in [-0.39, 0.29) is 5.41 Å². The molecule has 0 amide bonds. The maximum Gasteiger partial charge on any atom is 0.240 e. The van der Waals surface area contributed by atoms with Crippen LogP contribution in [0.2, 0.25) is 0 Å². The summed E-state index contributed by atoms with van der Waals surface area (Å²) in [5, 5.41) is 4.58. The maximum absolute atomic E-state index is 5.40. The molecule has 0 saturated carbocycles. The second-order valence-electron chi connectivity index (χ2n) is 17.7. The van der Waals surface area contributed by atoms with Gasteiger partial charge in [-0.05, 0) is 92.0 Å². The number of para-hydroxylation sites is 3. The summed E-state index contributed by atoms with van der Waals surface area (Å²) in [6.45, 7) is 4.68. The van der Waals surface area contributed by atoms with Crippen LogP contribution in [0.1, 0.15) is 25.0 Å². The topological polar surface area (TPSA) is 48.5 Å². The number of fused-ring (bicyclic) bond motifs is 9. The molecular formula is C60H41N5. The SMILES string of the molecule is CC1(C)c2ccccc2-c2ccc(-c3cccc(-c4ccc(-c5nc(-n6c7ccccc7c7ccccc76)nc(-n6c7ccccc7c7ccc(-c8ccccc8)cc76)n5)cc4)c3)cc21. The van der Waals surface area contributed by atoms with Gasteiger partial charge in [-0.2, -0.15) is 15.0 Å². The number of rotatable bonds is 6. The molecule has 0 aliphatic heterocycles. The van der Waals surface area contributed by atoms with Crippen molar-refractivity contribution < 1.29 is 0 Å². The van der Waals surface area contributed by atoms with Crippen molar-refractivity contribution in [2.24, 2.45) is 0 Å². The van der Waals surface area contributed by atoms with E-state index in [1.165, 1.54) is 33.4 Å². The van der Waals surface area contributed by atoms with E-state index in [1.807, 2.05) is 0 Å². The lowest BCUT2D eigenvalue weighted by Gasteiger charge is -2.22. The van der Waals surface area contributed by atoms with Crippen LogP contribution in [0.5, 0.6) is 0 Å². The molecule has 0 spiro atoms. The highest BCUT2D eigenvalue weighted by atomic mass is 15.3. The highest BCUT2D eigenvalue weighted by Gasteiger charge is 2.35. The summed E-state index contributed by atoms with van der Waals surface area (Å²) in [6.07, 6.45) is 0. The Kier molecular flexibility index (Phi) is 8.18. The third-order valence-electron chi connectivity index (χ3n) is 13.6. The average molecular weight is 832 g/mol. The van der Waals surface area contributed by atoms with Crippen LogP contribution in [0.15, 0.2) is 212 Å². The van der Waals surface area contributed by atoms with Gasteiger partial charge >= 0.3 is 0 Å². The molecule has 0 bridgehead atoms. The van der Waals surface area contributed by atoms with Gasteiger partial charge in [-0.1, -0.05) is 190 Å². The number of hydrogen-bond donors (Lipinski definition) is 0. The molecule has 13 rings (SSSR count). The minimum atomic E-state index is -0.0572. The molecule has 0 unspecified atom stereocenters. The first-order chi connectivity index (χ1) is 32.0. The van der Waals surface area contributed by atoms with Gasteiger partial charge < -0.3 is 0 Å². The zero-order chi connectivity index (χ0) is 43.2. The monoisotopic (exact) mass is 831 g/mol. The normalized spacial score (nSPS) is 12.9. The summed E-state index contributed by atoms with van der Waals surface area (Å²) in [6, 6.07) is 76.1. The van der Waals surface area contributed by atoms with Crippen LogP contribution in [-0.4, -0.2) is 24.1 Å². The van der Waals surface area contributed by atoms with Crippen LogP contribution in [0.4, 0.5) is 0 Å². The van der Waals surface area contributed by atoms with Gasteiger partial charge in [0.05, 0.1) is 22.1 Å².